The number of carboxylic acids is 1. The van der Waals surface area contributed by atoms with Gasteiger partial charge in [-0.15, -0.1) is 0 Å². The molecule has 39 heavy (non-hydrogen) atoms. The highest BCUT2D eigenvalue weighted by Gasteiger charge is 2.28. The lowest BCUT2D eigenvalue weighted by atomic mass is 9.94. The molecule has 0 aliphatic rings. The van der Waals surface area contributed by atoms with Crippen molar-refractivity contribution in [3.05, 3.63) is 99.7 Å². The predicted octanol–water partition coefficient (Wildman–Crippen LogP) is 4.92. The first kappa shape index (κ1) is 27.2. The third kappa shape index (κ3) is 5.54. The zero-order chi connectivity index (χ0) is 28.3. The number of aromatic carboxylic acids is 1. The summed E-state index contributed by atoms with van der Waals surface area (Å²) in [5.41, 5.74) is 1.05. The first-order valence-electron chi connectivity index (χ1n) is 11.3. The van der Waals surface area contributed by atoms with Crippen molar-refractivity contribution in [2.75, 3.05) is 7.11 Å². The number of rotatable bonds is 7. The van der Waals surface area contributed by atoms with Crippen molar-refractivity contribution < 1.29 is 33.0 Å². The monoisotopic (exact) mass is 549 g/mol. The summed E-state index contributed by atoms with van der Waals surface area (Å²) < 4.78 is 33.7. The summed E-state index contributed by atoms with van der Waals surface area (Å²) in [7, 11) is 1.10. The number of aromatic nitrogens is 1. The van der Waals surface area contributed by atoms with Gasteiger partial charge in [0.05, 0.1) is 29.8 Å². The number of carboxylic acid groups (broad SMARTS) is 1. The maximum Gasteiger partial charge on any atom is 0.335 e. The molecule has 1 amide bonds. The number of nitriles is 1. The van der Waals surface area contributed by atoms with Crippen LogP contribution in [-0.2, 0) is 16.0 Å². The van der Waals surface area contributed by atoms with Crippen LogP contribution < -0.4 is 5.32 Å². The van der Waals surface area contributed by atoms with Crippen LogP contribution >= 0.6 is 11.6 Å². The second-order valence-corrected chi connectivity index (χ2v) is 8.76. The van der Waals surface area contributed by atoms with E-state index in [-0.39, 0.29) is 6.42 Å². The van der Waals surface area contributed by atoms with Crippen LogP contribution in [0.4, 0.5) is 8.78 Å². The summed E-state index contributed by atoms with van der Waals surface area (Å²) in [6.07, 6.45) is 1.44. The number of nitrogens with zero attached hydrogens (tertiary/aromatic N) is 2. The van der Waals surface area contributed by atoms with E-state index in [9.17, 15) is 23.2 Å². The largest absolute Gasteiger partial charge is 0.478 e. The maximum atomic E-state index is 14.5. The van der Waals surface area contributed by atoms with Crippen LogP contribution in [0.15, 0.2) is 60.8 Å². The zero-order valence-corrected chi connectivity index (χ0v) is 20.9. The van der Waals surface area contributed by atoms with Crippen LogP contribution in [0.1, 0.15) is 31.8 Å². The fourth-order valence-corrected chi connectivity index (χ4v) is 4.41. The lowest BCUT2D eigenvalue weighted by molar-refractivity contribution is -0.142. The van der Waals surface area contributed by atoms with E-state index in [0.29, 0.717) is 50.3 Å². The van der Waals surface area contributed by atoms with Gasteiger partial charge in [0, 0.05) is 34.2 Å². The van der Waals surface area contributed by atoms with E-state index in [2.05, 4.69) is 10.3 Å². The number of carbonyl (C=O) groups is 3. The van der Waals surface area contributed by atoms with E-state index >= 15 is 0 Å². The molecule has 1 aromatic heterocycles. The van der Waals surface area contributed by atoms with E-state index in [1.54, 1.807) is 42.6 Å². The van der Waals surface area contributed by atoms with Crippen LogP contribution in [0.5, 0.6) is 0 Å². The number of carbonyl (C=O) groups excluding carboxylic acids is 2. The Morgan fingerprint density at radius 2 is 1.79 bits per heavy atom. The van der Waals surface area contributed by atoms with Crippen LogP contribution in [0.3, 0.4) is 0 Å². The second-order valence-electron chi connectivity index (χ2n) is 8.35. The van der Waals surface area contributed by atoms with E-state index in [1.807, 2.05) is 6.07 Å². The first-order chi connectivity index (χ1) is 18.6. The minimum atomic E-state index is -1.57. The standard InChI is InChI=1S/C28H18ClF2N3O5/c1-39-28(38)23(34-26(35)24-21(30)10-16(27(36)37)11-22(24)31)12-15-5-7-19(25-17(15)3-2-8-33-25)18-6-4-14(13-32)9-20(18)29/h2-11,23H,12H2,1H3,(H,34,35)(H,36,37). The Morgan fingerprint density at radius 3 is 2.41 bits per heavy atom. The second kappa shape index (κ2) is 11.2. The summed E-state index contributed by atoms with van der Waals surface area (Å²) >= 11 is 6.41. The third-order valence-electron chi connectivity index (χ3n) is 5.98. The highest BCUT2D eigenvalue weighted by molar-refractivity contribution is 6.33. The molecular formula is C28H18ClF2N3O5. The number of hydrogen-bond donors (Lipinski definition) is 2. The topological polar surface area (TPSA) is 129 Å². The summed E-state index contributed by atoms with van der Waals surface area (Å²) in [5.74, 6) is -6.50. The smallest absolute Gasteiger partial charge is 0.335 e. The Morgan fingerprint density at radius 1 is 1.10 bits per heavy atom. The SMILES string of the molecule is COC(=O)C(Cc1ccc(-c2ccc(C#N)cc2Cl)c2ncccc12)NC(=O)c1c(F)cc(C(=O)O)cc1F. The molecule has 1 atom stereocenters. The number of fused-ring (bicyclic) bond motifs is 1. The molecule has 0 saturated heterocycles. The molecule has 4 aromatic rings. The minimum absolute atomic E-state index is 0.127. The van der Waals surface area contributed by atoms with Crippen molar-refractivity contribution in [2.45, 2.75) is 12.5 Å². The summed E-state index contributed by atoms with van der Waals surface area (Å²) in [5, 5.41) is 21.3. The zero-order valence-electron chi connectivity index (χ0n) is 20.2. The molecule has 0 radical (unpaired) electrons. The first-order valence-corrected chi connectivity index (χ1v) is 11.7. The number of esters is 1. The fourth-order valence-electron chi connectivity index (χ4n) is 4.13. The third-order valence-corrected chi connectivity index (χ3v) is 6.29. The lowest BCUT2D eigenvalue weighted by Gasteiger charge is -2.19. The number of ether oxygens (including phenoxy) is 1. The van der Waals surface area contributed by atoms with Gasteiger partial charge in [-0.25, -0.2) is 18.4 Å². The fraction of sp³-hybridized carbons (Fsp3) is 0.107. The average molecular weight is 550 g/mol. The number of hydrogen-bond acceptors (Lipinski definition) is 6. The van der Waals surface area contributed by atoms with E-state index in [4.69, 9.17) is 26.7 Å². The van der Waals surface area contributed by atoms with Crippen molar-refractivity contribution >= 4 is 40.3 Å². The molecule has 8 nitrogen and oxygen atoms in total. The van der Waals surface area contributed by atoms with Crippen LogP contribution in [0.2, 0.25) is 5.02 Å². The van der Waals surface area contributed by atoms with Crippen molar-refractivity contribution in [1.29, 1.82) is 5.26 Å². The molecule has 0 saturated carbocycles. The molecule has 4 rings (SSSR count). The van der Waals surface area contributed by atoms with Gasteiger partial charge in [-0.3, -0.25) is 9.78 Å². The molecule has 1 unspecified atom stereocenters. The lowest BCUT2D eigenvalue weighted by Crippen LogP contribution is -2.43. The Hall–Kier alpha value is -4.88. The number of nitrogens with one attached hydrogen (secondary N) is 1. The molecule has 3 aromatic carbocycles. The predicted molar refractivity (Wildman–Crippen MR) is 137 cm³/mol. The molecule has 0 fully saturated rings. The van der Waals surface area contributed by atoms with Gasteiger partial charge in [0.1, 0.15) is 23.2 Å². The van der Waals surface area contributed by atoms with Crippen LogP contribution in [0.25, 0.3) is 22.0 Å². The van der Waals surface area contributed by atoms with Gasteiger partial charge in [0.15, 0.2) is 0 Å². The summed E-state index contributed by atoms with van der Waals surface area (Å²) in [4.78, 5) is 40.8. The Kier molecular flexibility index (Phi) is 7.83. The normalized spacial score (nSPS) is 11.5. The van der Waals surface area contributed by atoms with Crippen LogP contribution in [0, 0.1) is 23.0 Å². The highest BCUT2D eigenvalue weighted by Crippen LogP contribution is 2.35. The highest BCUT2D eigenvalue weighted by atomic mass is 35.5. The van der Waals surface area contributed by atoms with Gasteiger partial charge in [-0.2, -0.15) is 5.26 Å². The quantitative estimate of drug-likeness (QED) is 0.313. The molecule has 2 N–H and O–H groups in total. The summed E-state index contributed by atoms with van der Waals surface area (Å²) in [6.45, 7) is 0. The van der Waals surface area contributed by atoms with E-state index in [1.165, 1.54) is 6.07 Å². The van der Waals surface area contributed by atoms with Gasteiger partial charge in [-0.1, -0.05) is 35.9 Å². The number of methoxy groups -OCH3 is 1. The van der Waals surface area contributed by atoms with Gasteiger partial charge in [0.2, 0.25) is 0 Å². The number of pyridine rings is 1. The summed E-state index contributed by atoms with van der Waals surface area (Å²) in [6, 6.07) is 13.4. The van der Waals surface area contributed by atoms with Crippen molar-refractivity contribution in [2.24, 2.45) is 0 Å². The molecule has 0 bridgehead atoms. The number of halogens is 3. The molecule has 0 aliphatic heterocycles. The van der Waals surface area contributed by atoms with E-state index in [0.717, 1.165) is 7.11 Å². The average Bonchev–Trinajstić information content (AvgIpc) is 2.92. The van der Waals surface area contributed by atoms with Crippen molar-refractivity contribution in [3.63, 3.8) is 0 Å². The maximum absolute atomic E-state index is 14.5. The molecule has 0 aliphatic carbocycles. The molecule has 196 valence electrons. The van der Waals surface area contributed by atoms with Gasteiger partial charge >= 0.3 is 11.9 Å². The Labute approximate surface area is 225 Å². The van der Waals surface area contributed by atoms with Crippen molar-refractivity contribution in [1.82, 2.24) is 10.3 Å². The molecular weight excluding hydrogens is 532 g/mol. The molecule has 11 heteroatoms. The van der Waals surface area contributed by atoms with E-state index < -0.39 is 46.6 Å². The Bertz CT molecular complexity index is 1660. The van der Waals surface area contributed by atoms with Gasteiger partial charge in [0.25, 0.3) is 5.91 Å². The van der Waals surface area contributed by atoms with Gasteiger partial charge in [-0.05, 0) is 35.9 Å². The number of benzene rings is 3. The Balaban J connectivity index is 1.71. The molecule has 0 spiro atoms. The van der Waals surface area contributed by atoms with Crippen LogP contribution in [-0.4, -0.2) is 41.1 Å². The van der Waals surface area contributed by atoms with Gasteiger partial charge < -0.3 is 15.2 Å². The molecule has 1 heterocycles. The number of amides is 1. The minimum Gasteiger partial charge on any atom is -0.478 e. The van der Waals surface area contributed by atoms with Crippen molar-refractivity contribution in [3.8, 4) is 17.2 Å².